The molecular formula is C40H46N2O4S. The second kappa shape index (κ2) is 19.8. The van der Waals surface area contributed by atoms with E-state index in [2.05, 4.69) is 26.8 Å². The Kier molecular flexibility index (Phi) is 15.5. The molecule has 5 rings (SSSR count). The molecule has 0 bridgehead atoms. The highest BCUT2D eigenvalue weighted by Gasteiger charge is 2.19. The van der Waals surface area contributed by atoms with Gasteiger partial charge < -0.3 is 20.4 Å². The quantitative estimate of drug-likeness (QED) is 0.0372. The minimum absolute atomic E-state index is 0.365. The van der Waals surface area contributed by atoms with Crippen LogP contribution in [0, 0.1) is 0 Å². The molecule has 1 aliphatic rings. The Morgan fingerprint density at radius 2 is 1.57 bits per heavy atom. The highest BCUT2D eigenvalue weighted by atomic mass is 32.2. The van der Waals surface area contributed by atoms with E-state index < -0.39 is 0 Å². The number of anilines is 2. The van der Waals surface area contributed by atoms with E-state index in [1.807, 2.05) is 66.7 Å². The number of aldehydes is 1. The number of nitrogen functional groups attached to an aromatic ring is 2. The number of allylic oxidation sites excluding steroid dienone is 3. The normalized spacial score (nSPS) is 14.8. The number of benzene rings is 4. The molecule has 1 aliphatic carbocycles. The Labute approximate surface area is 284 Å². The van der Waals surface area contributed by atoms with Crippen molar-refractivity contribution in [2.24, 2.45) is 0 Å². The number of nitrogens with two attached hydrogens (primary N) is 2. The Bertz CT molecular complexity index is 1610. The van der Waals surface area contributed by atoms with E-state index in [1.54, 1.807) is 37.5 Å². The van der Waals surface area contributed by atoms with Crippen molar-refractivity contribution in [1.29, 1.82) is 0 Å². The van der Waals surface area contributed by atoms with E-state index in [-0.39, 0.29) is 5.97 Å². The highest BCUT2D eigenvalue weighted by molar-refractivity contribution is 7.94. The molecule has 7 heteroatoms. The lowest BCUT2D eigenvalue weighted by atomic mass is 9.81. The second-order valence-corrected chi connectivity index (χ2v) is 12.1. The summed E-state index contributed by atoms with van der Waals surface area (Å²) in [7, 11) is 1.64. The first kappa shape index (κ1) is 36.9. The lowest BCUT2D eigenvalue weighted by Crippen LogP contribution is -2.10. The van der Waals surface area contributed by atoms with Crippen LogP contribution in [0.1, 0.15) is 80.3 Å². The molecule has 246 valence electrons. The number of ether oxygens (including phenoxy) is 1. The third-order valence-corrected chi connectivity index (χ3v) is 8.13. The van der Waals surface area contributed by atoms with E-state index >= 15 is 0 Å². The van der Waals surface area contributed by atoms with Crippen LogP contribution in [0.4, 0.5) is 11.4 Å². The minimum Gasteiger partial charge on any atom is -0.423 e. The summed E-state index contributed by atoms with van der Waals surface area (Å²) in [5, 5.41) is 0. The molecule has 0 amide bonds. The van der Waals surface area contributed by atoms with Crippen molar-refractivity contribution in [3.8, 4) is 16.9 Å². The molecule has 4 aromatic carbocycles. The average molecular weight is 651 g/mol. The van der Waals surface area contributed by atoms with E-state index in [4.69, 9.17) is 20.4 Å². The fourth-order valence-electron chi connectivity index (χ4n) is 5.10. The van der Waals surface area contributed by atoms with Crippen molar-refractivity contribution in [1.82, 2.24) is 0 Å². The van der Waals surface area contributed by atoms with Crippen LogP contribution in [0.15, 0.2) is 114 Å². The maximum absolute atomic E-state index is 12.4. The number of hydrogen-bond acceptors (Lipinski definition) is 7. The molecule has 0 aliphatic heterocycles. The molecule has 0 radical (unpaired) electrons. The average Bonchev–Trinajstić information content (AvgIpc) is 3.09. The summed E-state index contributed by atoms with van der Waals surface area (Å²) in [6.45, 7) is 6.36. The monoisotopic (exact) mass is 650 g/mol. The van der Waals surface area contributed by atoms with Gasteiger partial charge >= 0.3 is 5.97 Å². The van der Waals surface area contributed by atoms with Gasteiger partial charge in [0.05, 0.1) is 12.7 Å². The third-order valence-electron chi connectivity index (χ3n) is 7.44. The fraction of sp³-hybridized carbons (Fsp3) is 0.250. The summed E-state index contributed by atoms with van der Waals surface area (Å²) in [6.07, 6.45) is 12.1. The zero-order chi connectivity index (χ0) is 34.0. The molecule has 1 saturated carbocycles. The minimum atomic E-state index is -0.365. The number of esters is 1. The van der Waals surface area contributed by atoms with Gasteiger partial charge in [-0.1, -0.05) is 80.5 Å². The summed E-state index contributed by atoms with van der Waals surface area (Å²) in [5.74, 6) is 0.662. The SMILES string of the molecule is CC=C1CCCC(c2ccc(C(=O)Oc3ccc(/C=C/C=O)cc3)cc2)C1.CCC.COSc1cc(N)ccc1-c1ccc(N)cc1. The van der Waals surface area contributed by atoms with Crippen molar-refractivity contribution in [2.75, 3.05) is 18.6 Å². The molecule has 0 aromatic heterocycles. The second-order valence-electron chi connectivity index (χ2n) is 11.2. The van der Waals surface area contributed by atoms with Crippen LogP contribution in [0.25, 0.3) is 17.2 Å². The first-order chi connectivity index (χ1) is 22.8. The predicted molar refractivity (Wildman–Crippen MR) is 197 cm³/mol. The van der Waals surface area contributed by atoms with E-state index in [0.29, 0.717) is 17.2 Å². The van der Waals surface area contributed by atoms with Gasteiger partial charge in [0.15, 0.2) is 0 Å². The molecule has 1 unspecified atom stereocenters. The summed E-state index contributed by atoms with van der Waals surface area (Å²) in [6, 6.07) is 28.3. The van der Waals surface area contributed by atoms with Crippen molar-refractivity contribution in [3.63, 3.8) is 0 Å². The molecule has 0 saturated heterocycles. The number of hydrogen-bond donors (Lipinski definition) is 2. The van der Waals surface area contributed by atoms with Gasteiger partial charge in [0, 0.05) is 28.3 Å². The zero-order valence-corrected chi connectivity index (χ0v) is 28.6. The molecule has 4 N–H and O–H groups in total. The molecule has 47 heavy (non-hydrogen) atoms. The Morgan fingerprint density at radius 3 is 2.19 bits per heavy atom. The van der Waals surface area contributed by atoms with Crippen LogP contribution >= 0.6 is 12.0 Å². The van der Waals surface area contributed by atoms with Gasteiger partial charge in [0.2, 0.25) is 0 Å². The van der Waals surface area contributed by atoms with Gasteiger partial charge in [-0.3, -0.25) is 4.79 Å². The van der Waals surface area contributed by atoms with E-state index in [0.717, 1.165) is 45.7 Å². The van der Waals surface area contributed by atoms with Crippen LogP contribution in [0.2, 0.25) is 0 Å². The van der Waals surface area contributed by atoms with Gasteiger partial charge in [0.1, 0.15) is 12.0 Å². The number of rotatable bonds is 8. The number of carbonyl (C=O) groups is 2. The molecule has 0 heterocycles. The molecular weight excluding hydrogens is 605 g/mol. The summed E-state index contributed by atoms with van der Waals surface area (Å²) in [4.78, 5) is 23.7. The van der Waals surface area contributed by atoms with E-state index in [1.165, 1.54) is 54.9 Å². The van der Waals surface area contributed by atoms with Crippen molar-refractivity contribution in [3.05, 3.63) is 125 Å². The maximum Gasteiger partial charge on any atom is 0.343 e. The van der Waals surface area contributed by atoms with Crippen LogP contribution in [-0.2, 0) is 8.98 Å². The standard InChI is InChI=1S/C24H24O3.C13H14N2OS.C3H8/c1-2-18-5-3-7-22(17-18)20-10-12-21(13-11-20)24(26)27-23-14-8-19(9-15-23)6-4-16-25;1-16-17-13-8-11(15)6-7-12(13)9-2-4-10(14)5-3-9;1-3-2/h2,4,6,8-16,22H,3,5,7,17H2,1H3;2-8H,14-15H2,1H3;3H2,1-2H3/b6-4+,18-2?;;. The summed E-state index contributed by atoms with van der Waals surface area (Å²) >= 11 is 1.30. The smallest absolute Gasteiger partial charge is 0.343 e. The molecule has 0 spiro atoms. The van der Waals surface area contributed by atoms with Crippen LogP contribution in [0.3, 0.4) is 0 Å². The van der Waals surface area contributed by atoms with Crippen molar-refractivity contribution >= 4 is 41.7 Å². The van der Waals surface area contributed by atoms with Crippen molar-refractivity contribution in [2.45, 2.75) is 63.7 Å². The first-order valence-corrected chi connectivity index (χ1v) is 16.7. The molecule has 1 atom stereocenters. The zero-order valence-electron chi connectivity index (χ0n) is 27.8. The lowest BCUT2D eigenvalue weighted by molar-refractivity contribution is -0.104. The summed E-state index contributed by atoms with van der Waals surface area (Å²) in [5.41, 5.74) is 19.4. The Balaban J connectivity index is 0.000000257. The van der Waals surface area contributed by atoms with Gasteiger partial charge in [0.25, 0.3) is 0 Å². The van der Waals surface area contributed by atoms with Gasteiger partial charge in [-0.05, 0) is 115 Å². The molecule has 4 aromatic rings. The maximum atomic E-state index is 12.4. The Morgan fingerprint density at radius 1 is 0.915 bits per heavy atom. The molecule has 6 nitrogen and oxygen atoms in total. The van der Waals surface area contributed by atoms with Crippen LogP contribution in [-0.4, -0.2) is 19.4 Å². The van der Waals surface area contributed by atoms with Gasteiger partial charge in [-0.15, -0.1) is 0 Å². The Hall–Kier alpha value is -4.59. The summed E-state index contributed by atoms with van der Waals surface area (Å²) < 4.78 is 10.5. The molecule has 1 fully saturated rings. The highest BCUT2D eigenvalue weighted by Crippen LogP contribution is 2.36. The predicted octanol–water partition coefficient (Wildman–Crippen LogP) is 10.3. The van der Waals surface area contributed by atoms with Crippen LogP contribution < -0.4 is 16.2 Å². The van der Waals surface area contributed by atoms with E-state index in [9.17, 15) is 9.59 Å². The van der Waals surface area contributed by atoms with Crippen molar-refractivity contribution < 1.29 is 18.5 Å². The van der Waals surface area contributed by atoms with Gasteiger partial charge in [-0.2, -0.15) is 0 Å². The first-order valence-electron chi connectivity index (χ1n) is 16.0. The number of carbonyl (C=O) groups excluding carboxylic acids is 2. The lowest BCUT2D eigenvalue weighted by Gasteiger charge is -2.24. The third kappa shape index (κ3) is 11.9. The fourth-order valence-corrected chi connectivity index (χ4v) is 5.74. The largest absolute Gasteiger partial charge is 0.423 e. The topological polar surface area (TPSA) is 105 Å². The van der Waals surface area contributed by atoms with Gasteiger partial charge in [-0.25, -0.2) is 4.79 Å². The van der Waals surface area contributed by atoms with Crippen LogP contribution in [0.5, 0.6) is 5.75 Å².